The number of urea groups is 1. The number of benzene rings is 2. The monoisotopic (exact) mass is 393 g/mol. The maximum Gasteiger partial charge on any atom is 0.328 e. The van der Waals surface area contributed by atoms with Crippen LogP contribution in [0.25, 0.3) is 6.08 Å². The van der Waals surface area contributed by atoms with E-state index in [2.05, 4.69) is 34.6 Å². The van der Waals surface area contributed by atoms with Crippen molar-refractivity contribution in [1.29, 1.82) is 0 Å². The quantitative estimate of drug-likeness (QED) is 0.767. The van der Waals surface area contributed by atoms with Crippen molar-refractivity contribution in [3.63, 3.8) is 0 Å². The molecule has 3 rings (SSSR count). The van der Waals surface area contributed by atoms with Crippen molar-refractivity contribution < 1.29 is 14.3 Å². The Kier molecular flexibility index (Phi) is 7.28. The molecule has 2 amide bonds. The number of hydrogen-bond acceptors (Lipinski definition) is 4. The van der Waals surface area contributed by atoms with E-state index in [1.54, 1.807) is 4.90 Å². The fourth-order valence-electron chi connectivity index (χ4n) is 3.26. The third kappa shape index (κ3) is 6.10. The number of ether oxygens (including phenoxy) is 1. The van der Waals surface area contributed by atoms with Crippen LogP contribution in [0.3, 0.4) is 0 Å². The van der Waals surface area contributed by atoms with Crippen LogP contribution in [0.5, 0.6) is 0 Å². The molecule has 0 aliphatic carbocycles. The molecular formula is C23H27N3O3. The van der Waals surface area contributed by atoms with Crippen molar-refractivity contribution >= 4 is 18.1 Å². The van der Waals surface area contributed by atoms with Gasteiger partial charge < -0.3 is 19.9 Å². The first-order valence-corrected chi connectivity index (χ1v) is 9.80. The second-order valence-corrected chi connectivity index (χ2v) is 6.96. The molecule has 1 saturated heterocycles. The zero-order valence-electron chi connectivity index (χ0n) is 16.7. The first-order chi connectivity index (χ1) is 14.2. The van der Waals surface area contributed by atoms with Crippen molar-refractivity contribution in [2.24, 2.45) is 0 Å². The minimum absolute atomic E-state index is 0.233. The zero-order chi connectivity index (χ0) is 20.5. The van der Waals surface area contributed by atoms with Crippen molar-refractivity contribution in [3.8, 4) is 0 Å². The lowest BCUT2D eigenvalue weighted by Gasteiger charge is -2.34. The van der Waals surface area contributed by atoms with E-state index in [1.165, 1.54) is 7.11 Å². The number of esters is 1. The number of rotatable bonds is 6. The molecule has 0 aromatic heterocycles. The third-order valence-corrected chi connectivity index (χ3v) is 4.94. The van der Waals surface area contributed by atoms with Crippen LogP contribution in [-0.4, -0.2) is 61.1 Å². The summed E-state index contributed by atoms with van der Waals surface area (Å²) >= 11 is 0. The number of piperazine rings is 1. The maximum absolute atomic E-state index is 12.7. The van der Waals surface area contributed by atoms with Crippen LogP contribution in [0.2, 0.25) is 0 Å². The van der Waals surface area contributed by atoms with Crippen molar-refractivity contribution in [1.82, 2.24) is 15.1 Å². The fourth-order valence-corrected chi connectivity index (χ4v) is 3.26. The summed E-state index contributed by atoms with van der Waals surface area (Å²) in [6.45, 7) is 2.70. The van der Waals surface area contributed by atoms with Crippen molar-refractivity contribution in [3.05, 3.63) is 78.0 Å². The van der Waals surface area contributed by atoms with Gasteiger partial charge in [0.15, 0.2) is 0 Å². The normalized spacial score (nSPS) is 15.2. The highest BCUT2D eigenvalue weighted by atomic mass is 16.5. The Labute approximate surface area is 171 Å². The molecule has 6 nitrogen and oxygen atoms in total. The van der Waals surface area contributed by atoms with E-state index in [0.717, 1.165) is 24.2 Å². The van der Waals surface area contributed by atoms with Crippen LogP contribution in [-0.2, 0) is 16.0 Å². The largest absolute Gasteiger partial charge is 0.467 e. The van der Waals surface area contributed by atoms with E-state index in [9.17, 15) is 9.59 Å². The van der Waals surface area contributed by atoms with Gasteiger partial charge in [-0.25, -0.2) is 9.59 Å². The van der Waals surface area contributed by atoms with Gasteiger partial charge in [0.1, 0.15) is 6.04 Å². The molecule has 1 N–H and O–H groups in total. The van der Waals surface area contributed by atoms with Crippen LogP contribution >= 0.6 is 0 Å². The van der Waals surface area contributed by atoms with Gasteiger partial charge in [0.05, 0.1) is 7.11 Å². The minimum atomic E-state index is -0.703. The van der Waals surface area contributed by atoms with Crippen molar-refractivity contribution in [2.45, 2.75) is 12.5 Å². The van der Waals surface area contributed by atoms with Crippen LogP contribution in [0.15, 0.2) is 66.9 Å². The molecule has 152 valence electrons. The Balaban J connectivity index is 1.52. The summed E-state index contributed by atoms with van der Waals surface area (Å²) in [4.78, 5) is 28.7. The highest BCUT2D eigenvalue weighted by molar-refractivity contribution is 5.84. The van der Waals surface area contributed by atoms with Gasteiger partial charge in [-0.05, 0) is 23.4 Å². The van der Waals surface area contributed by atoms with E-state index in [-0.39, 0.29) is 6.03 Å². The highest BCUT2D eigenvalue weighted by Crippen LogP contribution is 2.09. The summed E-state index contributed by atoms with van der Waals surface area (Å²) < 4.78 is 4.87. The van der Waals surface area contributed by atoms with Crippen molar-refractivity contribution in [2.75, 3.05) is 33.3 Å². The van der Waals surface area contributed by atoms with E-state index in [0.29, 0.717) is 19.5 Å². The second-order valence-electron chi connectivity index (χ2n) is 6.96. The van der Waals surface area contributed by atoms with E-state index >= 15 is 0 Å². The average Bonchev–Trinajstić information content (AvgIpc) is 2.78. The Morgan fingerprint density at radius 2 is 1.62 bits per heavy atom. The number of amides is 2. The second kappa shape index (κ2) is 10.3. The highest BCUT2D eigenvalue weighted by Gasteiger charge is 2.26. The molecule has 6 heteroatoms. The SMILES string of the molecule is COC(=O)[C@H](Cc1ccccc1)NC(=O)N1CCN(/C=C/c2ccccc2)CC1. The predicted octanol–water partition coefficient (Wildman–Crippen LogP) is 2.77. The van der Waals surface area contributed by atoms with Crippen LogP contribution < -0.4 is 5.32 Å². The van der Waals surface area contributed by atoms with Gasteiger partial charge in [0.2, 0.25) is 0 Å². The summed E-state index contributed by atoms with van der Waals surface area (Å²) in [6.07, 6.45) is 4.54. The topological polar surface area (TPSA) is 61.9 Å². The molecule has 1 aliphatic heterocycles. The first kappa shape index (κ1) is 20.5. The number of carbonyl (C=O) groups excluding carboxylic acids is 2. The average molecular weight is 393 g/mol. The van der Waals surface area contributed by atoms with Gasteiger partial charge in [0.25, 0.3) is 0 Å². The molecule has 1 heterocycles. The lowest BCUT2D eigenvalue weighted by atomic mass is 10.1. The molecule has 0 saturated carbocycles. The molecule has 1 aliphatic rings. The summed E-state index contributed by atoms with van der Waals surface area (Å²) in [5, 5.41) is 2.83. The molecule has 0 radical (unpaired) electrons. The van der Waals surface area contributed by atoms with Gasteiger partial charge in [0, 0.05) is 32.6 Å². The lowest BCUT2D eigenvalue weighted by molar-refractivity contribution is -0.142. The number of hydrogen-bond donors (Lipinski definition) is 1. The molecule has 2 aromatic rings. The molecular weight excluding hydrogens is 366 g/mol. The first-order valence-electron chi connectivity index (χ1n) is 9.80. The number of carbonyl (C=O) groups is 2. The molecule has 1 atom stereocenters. The van der Waals surface area contributed by atoms with E-state index < -0.39 is 12.0 Å². The fraction of sp³-hybridized carbons (Fsp3) is 0.304. The summed E-state index contributed by atoms with van der Waals surface area (Å²) in [6, 6.07) is 18.8. The van der Waals surface area contributed by atoms with Gasteiger partial charge >= 0.3 is 12.0 Å². The van der Waals surface area contributed by atoms with Gasteiger partial charge in [-0.1, -0.05) is 60.7 Å². The number of nitrogens with zero attached hydrogens (tertiary/aromatic N) is 2. The van der Waals surface area contributed by atoms with Crippen LogP contribution in [0.4, 0.5) is 4.79 Å². The Bertz CT molecular complexity index is 816. The maximum atomic E-state index is 12.7. The minimum Gasteiger partial charge on any atom is -0.467 e. The molecule has 29 heavy (non-hydrogen) atoms. The predicted molar refractivity (Wildman–Crippen MR) is 113 cm³/mol. The van der Waals surface area contributed by atoms with Crippen LogP contribution in [0, 0.1) is 0 Å². The third-order valence-electron chi connectivity index (χ3n) is 4.94. The van der Waals surface area contributed by atoms with E-state index in [4.69, 9.17) is 4.74 Å². The zero-order valence-corrected chi connectivity index (χ0v) is 16.7. The van der Waals surface area contributed by atoms with Gasteiger partial charge in [-0.3, -0.25) is 0 Å². The van der Waals surface area contributed by atoms with Gasteiger partial charge in [-0.15, -0.1) is 0 Å². The molecule has 2 aromatic carbocycles. The number of nitrogens with one attached hydrogen (secondary N) is 1. The molecule has 1 fully saturated rings. The molecule has 0 spiro atoms. The Morgan fingerprint density at radius 1 is 1.00 bits per heavy atom. The van der Waals surface area contributed by atoms with Crippen LogP contribution in [0.1, 0.15) is 11.1 Å². The Hall–Kier alpha value is -3.28. The molecule has 0 bridgehead atoms. The van der Waals surface area contributed by atoms with E-state index in [1.807, 2.05) is 48.5 Å². The summed E-state index contributed by atoms with van der Waals surface area (Å²) in [5.74, 6) is -0.438. The standard InChI is InChI=1S/C23H27N3O3/c1-29-22(27)21(18-20-10-6-3-7-11-20)24-23(28)26-16-14-25(15-17-26)13-12-19-8-4-2-5-9-19/h2-13,21H,14-18H2,1H3,(H,24,28)/b13-12+/t21-/m0/s1. The number of methoxy groups -OCH3 is 1. The Morgan fingerprint density at radius 3 is 2.24 bits per heavy atom. The summed E-state index contributed by atoms with van der Waals surface area (Å²) in [7, 11) is 1.34. The van der Waals surface area contributed by atoms with Gasteiger partial charge in [-0.2, -0.15) is 0 Å². The summed E-state index contributed by atoms with van der Waals surface area (Å²) in [5.41, 5.74) is 2.12. The lowest BCUT2D eigenvalue weighted by Crippen LogP contribution is -2.54. The molecule has 0 unspecified atom stereocenters. The smallest absolute Gasteiger partial charge is 0.328 e.